The maximum Gasteiger partial charge on any atom is 0.335 e. The highest BCUT2D eigenvalue weighted by Crippen LogP contribution is 2.42. The second-order valence-corrected chi connectivity index (χ2v) is 11.8. The molecule has 2 amide bonds. The standard InChI is InChI=1S/C28H52N2O11/c1-6-9-10-15(4)14-38-22-19(33)20(34)26(41-23(22)25(35)36)40-21-17(30-27(29)37)24(39-16(13-31)18(21)32)28(5,11-7-2)12-8-3/h15-24,26,31-34H,6-14H2,1-5H3,(H,35,36)(H3,29,30,37)/t15?,16?,17?,18-,19?,20?,21?,22+,23?,24?,26-/m1/s1. The number of aliphatic hydroxyl groups is 4. The number of carboxylic acids is 1. The number of hydrogen-bond donors (Lipinski definition) is 7. The lowest BCUT2D eigenvalue weighted by molar-refractivity contribution is -0.333. The first-order valence-corrected chi connectivity index (χ1v) is 14.9. The van der Waals surface area contributed by atoms with Gasteiger partial charge in [0.05, 0.1) is 18.8 Å². The lowest BCUT2D eigenvalue weighted by atomic mass is 9.70. The van der Waals surface area contributed by atoms with Crippen LogP contribution in [0.3, 0.4) is 0 Å². The molecule has 0 radical (unpaired) electrons. The van der Waals surface area contributed by atoms with Crippen molar-refractivity contribution in [2.24, 2.45) is 17.1 Å². The number of ether oxygens (including phenoxy) is 4. The van der Waals surface area contributed by atoms with Gasteiger partial charge in [-0.25, -0.2) is 9.59 Å². The quantitative estimate of drug-likeness (QED) is 0.134. The predicted octanol–water partition coefficient (Wildman–Crippen LogP) is 0.878. The van der Waals surface area contributed by atoms with E-state index in [1.807, 2.05) is 27.7 Å². The highest BCUT2D eigenvalue weighted by molar-refractivity contribution is 5.73. The molecule has 0 aromatic carbocycles. The lowest BCUT2D eigenvalue weighted by Crippen LogP contribution is -2.70. The van der Waals surface area contributed by atoms with E-state index in [0.29, 0.717) is 12.8 Å². The minimum Gasteiger partial charge on any atom is -0.479 e. The van der Waals surface area contributed by atoms with Crippen LogP contribution < -0.4 is 11.1 Å². The Balaban J connectivity index is 2.37. The van der Waals surface area contributed by atoms with Gasteiger partial charge in [-0.2, -0.15) is 0 Å². The Morgan fingerprint density at radius 1 is 1.00 bits per heavy atom. The van der Waals surface area contributed by atoms with Crippen molar-refractivity contribution in [3.63, 3.8) is 0 Å². The number of primary amides is 1. The second-order valence-electron chi connectivity index (χ2n) is 11.8. The number of amides is 2. The number of carbonyl (C=O) groups excluding carboxylic acids is 1. The van der Waals surface area contributed by atoms with Gasteiger partial charge in [0.25, 0.3) is 0 Å². The number of aliphatic carboxylic acids is 1. The minimum atomic E-state index is -1.76. The van der Waals surface area contributed by atoms with Crippen LogP contribution in [0.5, 0.6) is 0 Å². The monoisotopic (exact) mass is 592 g/mol. The summed E-state index contributed by atoms with van der Waals surface area (Å²) in [6, 6.07) is -1.97. The molecule has 0 aliphatic carbocycles. The molecule has 0 aromatic rings. The minimum absolute atomic E-state index is 0.0913. The van der Waals surface area contributed by atoms with E-state index in [2.05, 4.69) is 12.2 Å². The lowest BCUT2D eigenvalue weighted by Gasteiger charge is -2.52. The third kappa shape index (κ3) is 8.96. The van der Waals surface area contributed by atoms with Crippen LogP contribution >= 0.6 is 0 Å². The van der Waals surface area contributed by atoms with Gasteiger partial charge in [0.2, 0.25) is 0 Å². The molecule has 0 bridgehead atoms. The van der Waals surface area contributed by atoms with Crippen molar-refractivity contribution in [1.82, 2.24) is 5.32 Å². The van der Waals surface area contributed by atoms with Gasteiger partial charge in [0, 0.05) is 6.61 Å². The molecule has 13 heteroatoms. The van der Waals surface area contributed by atoms with Crippen LogP contribution in [0.2, 0.25) is 0 Å². The summed E-state index contributed by atoms with van der Waals surface area (Å²) in [7, 11) is 0. The SMILES string of the molecule is CCCCC(C)CO[C@@H]1C(C(=O)O)O[C@@H](OC2C(NC(N)=O)C(C(C)(CCC)CCC)OC(CO)[C@H]2O)C(O)C1O. The Labute approximate surface area is 242 Å². The molecule has 0 saturated carbocycles. The summed E-state index contributed by atoms with van der Waals surface area (Å²) >= 11 is 0. The Hall–Kier alpha value is -1.58. The summed E-state index contributed by atoms with van der Waals surface area (Å²) < 4.78 is 23.5. The fourth-order valence-electron chi connectivity index (χ4n) is 6.14. The maximum absolute atomic E-state index is 12.1. The first kappa shape index (κ1) is 35.6. The van der Waals surface area contributed by atoms with Crippen molar-refractivity contribution in [1.29, 1.82) is 0 Å². The van der Waals surface area contributed by atoms with Gasteiger partial charge < -0.3 is 55.5 Å². The van der Waals surface area contributed by atoms with E-state index in [9.17, 15) is 35.1 Å². The Kier molecular flexibility index (Phi) is 14.2. The number of aliphatic hydroxyl groups excluding tert-OH is 4. The van der Waals surface area contributed by atoms with Gasteiger partial charge in [-0.05, 0) is 30.6 Å². The van der Waals surface area contributed by atoms with Crippen LogP contribution in [-0.4, -0.2) is 112 Å². The van der Waals surface area contributed by atoms with Crippen molar-refractivity contribution < 1.29 is 54.1 Å². The average molecular weight is 593 g/mol. The fourth-order valence-corrected chi connectivity index (χ4v) is 6.14. The van der Waals surface area contributed by atoms with Crippen LogP contribution in [-0.2, 0) is 23.7 Å². The topological polar surface area (TPSA) is 210 Å². The number of rotatable bonds is 16. The molecule has 2 fully saturated rings. The Morgan fingerprint density at radius 2 is 1.63 bits per heavy atom. The van der Waals surface area contributed by atoms with Crippen molar-refractivity contribution in [2.45, 2.75) is 141 Å². The highest BCUT2D eigenvalue weighted by Gasteiger charge is 2.55. The smallest absolute Gasteiger partial charge is 0.335 e. The van der Waals surface area contributed by atoms with Crippen molar-refractivity contribution in [3.8, 4) is 0 Å². The van der Waals surface area contributed by atoms with Crippen LogP contribution in [0.15, 0.2) is 0 Å². The molecule has 2 saturated heterocycles. The summed E-state index contributed by atoms with van der Waals surface area (Å²) in [6.45, 7) is 9.56. The Morgan fingerprint density at radius 3 is 2.15 bits per heavy atom. The second kappa shape index (κ2) is 16.3. The van der Waals surface area contributed by atoms with E-state index in [1.54, 1.807) is 0 Å². The van der Waals surface area contributed by atoms with Crippen LogP contribution in [0, 0.1) is 11.3 Å². The van der Waals surface area contributed by atoms with E-state index in [4.69, 9.17) is 24.7 Å². The number of nitrogens with two attached hydrogens (primary N) is 1. The predicted molar refractivity (Wildman–Crippen MR) is 148 cm³/mol. The third-order valence-corrected chi connectivity index (χ3v) is 8.24. The highest BCUT2D eigenvalue weighted by atomic mass is 16.7. The molecule has 8 N–H and O–H groups in total. The zero-order valence-corrected chi connectivity index (χ0v) is 25.0. The van der Waals surface area contributed by atoms with Crippen LogP contribution in [0.25, 0.3) is 0 Å². The first-order chi connectivity index (χ1) is 19.3. The maximum atomic E-state index is 12.1. The number of carboxylic acid groups (broad SMARTS) is 1. The van der Waals surface area contributed by atoms with Crippen LogP contribution in [0.4, 0.5) is 4.79 Å². The van der Waals surface area contributed by atoms with Gasteiger partial charge in [-0.3, -0.25) is 0 Å². The molecule has 2 aliphatic rings. The summed E-state index contributed by atoms with van der Waals surface area (Å²) in [4.78, 5) is 24.2. The molecular formula is C28H52N2O11. The molecule has 41 heavy (non-hydrogen) atoms. The number of urea groups is 1. The molecular weight excluding hydrogens is 540 g/mol. The summed E-state index contributed by atoms with van der Waals surface area (Å²) in [5, 5.41) is 55.5. The largest absolute Gasteiger partial charge is 0.479 e. The molecule has 11 atom stereocenters. The van der Waals surface area contributed by atoms with Crippen molar-refractivity contribution in [3.05, 3.63) is 0 Å². The van der Waals surface area contributed by atoms with E-state index >= 15 is 0 Å². The number of carbonyl (C=O) groups is 2. The molecule has 2 heterocycles. The van der Waals surface area contributed by atoms with Gasteiger partial charge in [-0.15, -0.1) is 0 Å². The van der Waals surface area contributed by atoms with Crippen molar-refractivity contribution in [2.75, 3.05) is 13.2 Å². The average Bonchev–Trinajstić information content (AvgIpc) is 2.91. The zero-order valence-electron chi connectivity index (χ0n) is 25.0. The molecule has 13 nitrogen and oxygen atoms in total. The number of nitrogens with one attached hydrogen (secondary N) is 1. The van der Waals surface area contributed by atoms with E-state index < -0.39 is 85.2 Å². The Bertz CT molecular complexity index is 812. The van der Waals surface area contributed by atoms with E-state index in [0.717, 1.165) is 32.1 Å². The third-order valence-electron chi connectivity index (χ3n) is 8.24. The van der Waals surface area contributed by atoms with Crippen molar-refractivity contribution >= 4 is 12.0 Å². The first-order valence-electron chi connectivity index (χ1n) is 14.9. The molecule has 2 aliphatic heterocycles. The number of hydrogen-bond acceptors (Lipinski definition) is 10. The molecule has 0 aromatic heterocycles. The number of unbranched alkanes of at least 4 members (excludes halogenated alkanes) is 1. The van der Waals surface area contributed by atoms with E-state index in [1.165, 1.54) is 0 Å². The summed E-state index contributed by atoms with van der Waals surface area (Å²) in [6.07, 6.45) is -7.25. The summed E-state index contributed by atoms with van der Waals surface area (Å²) in [5.41, 5.74) is 4.96. The molecule has 0 spiro atoms. The normalized spacial score (nSPS) is 35.1. The van der Waals surface area contributed by atoms with Gasteiger partial charge in [-0.1, -0.05) is 60.3 Å². The van der Waals surface area contributed by atoms with Gasteiger partial charge in [0.15, 0.2) is 12.4 Å². The van der Waals surface area contributed by atoms with E-state index in [-0.39, 0.29) is 12.5 Å². The van der Waals surface area contributed by atoms with Gasteiger partial charge in [0.1, 0.15) is 36.6 Å². The molecule has 8 unspecified atom stereocenters. The molecule has 2 rings (SSSR count). The molecule has 240 valence electrons. The zero-order chi connectivity index (χ0) is 30.9. The fraction of sp³-hybridized carbons (Fsp3) is 0.929. The summed E-state index contributed by atoms with van der Waals surface area (Å²) in [5.74, 6) is -1.34. The van der Waals surface area contributed by atoms with Gasteiger partial charge >= 0.3 is 12.0 Å². The van der Waals surface area contributed by atoms with Crippen LogP contribution in [0.1, 0.15) is 79.6 Å².